The van der Waals surface area contributed by atoms with Gasteiger partial charge in [-0.2, -0.15) is 0 Å². The maximum atomic E-state index is 13.5. The summed E-state index contributed by atoms with van der Waals surface area (Å²) < 4.78 is 47.4. The first kappa shape index (κ1) is 32.7. The molecule has 0 radical (unpaired) electrons. The lowest BCUT2D eigenvalue weighted by atomic mass is 10.00. The van der Waals surface area contributed by atoms with Crippen LogP contribution in [0.3, 0.4) is 0 Å². The van der Waals surface area contributed by atoms with Crippen molar-refractivity contribution in [3.05, 3.63) is 119 Å². The summed E-state index contributed by atoms with van der Waals surface area (Å²) in [5.74, 6) is -0.545. The molecule has 0 saturated carbocycles. The second kappa shape index (κ2) is 14.6. The zero-order valence-corrected chi connectivity index (χ0v) is 25.2. The van der Waals surface area contributed by atoms with Crippen LogP contribution in [0.25, 0.3) is 0 Å². The van der Waals surface area contributed by atoms with Gasteiger partial charge < -0.3 is 29.8 Å². The number of amides is 2. The maximum absolute atomic E-state index is 13.5. The van der Waals surface area contributed by atoms with Gasteiger partial charge in [0.25, 0.3) is 11.8 Å². The van der Waals surface area contributed by atoms with E-state index < -0.39 is 24.4 Å². The number of oxazole rings is 1. The number of nitrogens with zero attached hydrogens (tertiary/aromatic N) is 2. The van der Waals surface area contributed by atoms with Crippen molar-refractivity contribution in [2.45, 2.75) is 57.3 Å². The Morgan fingerprint density at radius 1 is 1.04 bits per heavy atom. The van der Waals surface area contributed by atoms with Crippen molar-refractivity contribution in [2.75, 3.05) is 13.1 Å². The lowest BCUT2D eigenvalue weighted by molar-refractivity contribution is -0.274. The van der Waals surface area contributed by atoms with Crippen LogP contribution in [0.2, 0.25) is 0 Å². The average molecular weight is 637 g/mol. The highest BCUT2D eigenvalue weighted by Gasteiger charge is 2.34. The van der Waals surface area contributed by atoms with Crippen LogP contribution in [0, 0.1) is 6.92 Å². The van der Waals surface area contributed by atoms with Crippen molar-refractivity contribution in [2.24, 2.45) is 0 Å². The number of hydrogen-bond acceptors (Lipinski definition) is 7. The minimum Gasteiger partial charge on any atom is -0.446 e. The predicted molar refractivity (Wildman–Crippen MR) is 163 cm³/mol. The largest absolute Gasteiger partial charge is 0.573 e. The minimum absolute atomic E-state index is 0.0390. The molecule has 1 fully saturated rings. The van der Waals surface area contributed by atoms with E-state index >= 15 is 0 Å². The highest BCUT2D eigenvalue weighted by atomic mass is 19.4. The molecular formula is C34H35F3N4O5. The Kier molecular flexibility index (Phi) is 10.4. The summed E-state index contributed by atoms with van der Waals surface area (Å²) in [7, 11) is 0. The van der Waals surface area contributed by atoms with Gasteiger partial charge >= 0.3 is 6.36 Å². The quantitative estimate of drug-likeness (QED) is 0.192. The van der Waals surface area contributed by atoms with E-state index in [4.69, 9.17) is 4.42 Å². The molecule has 3 N–H and O–H groups in total. The SMILES string of the molecule is Cc1coc(C2CCCN2C(=O)c2cccc(C(=O)N[C@@H](Cc3ccccc3)[C@H](O)CNCc3cccc(OC(F)(F)F)c3)c2)n1. The van der Waals surface area contributed by atoms with Gasteiger partial charge in [0, 0.05) is 30.8 Å². The van der Waals surface area contributed by atoms with E-state index in [1.54, 1.807) is 35.4 Å². The fourth-order valence-electron chi connectivity index (χ4n) is 5.51. The highest BCUT2D eigenvalue weighted by molar-refractivity contribution is 6.00. The molecule has 1 saturated heterocycles. The summed E-state index contributed by atoms with van der Waals surface area (Å²) in [5.41, 5.74) is 2.75. The first-order valence-corrected chi connectivity index (χ1v) is 15.0. The van der Waals surface area contributed by atoms with E-state index in [9.17, 15) is 27.9 Å². The van der Waals surface area contributed by atoms with Crippen molar-refractivity contribution >= 4 is 11.8 Å². The number of likely N-dealkylation sites (tertiary alicyclic amines) is 1. The van der Waals surface area contributed by atoms with Crippen molar-refractivity contribution < 1.29 is 37.0 Å². The van der Waals surface area contributed by atoms with Gasteiger partial charge in [0.2, 0.25) is 5.89 Å². The average Bonchev–Trinajstić information content (AvgIpc) is 3.69. The molecule has 4 aromatic rings. The molecule has 1 aliphatic rings. The third kappa shape index (κ3) is 8.73. The Labute approximate surface area is 264 Å². The minimum atomic E-state index is -4.80. The Morgan fingerprint density at radius 3 is 2.52 bits per heavy atom. The van der Waals surface area contributed by atoms with Crippen molar-refractivity contribution in [3.63, 3.8) is 0 Å². The summed E-state index contributed by atoms with van der Waals surface area (Å²) in [6.07, 6.45) is -2.46. The number of rotatable bonds is 12. The van der Waals surface area contributed by atoms with Crippen LogP contribution in [0.1, 0.15) is 62.3 Å². The molecule has 46 heavy (non-hydrogen) atoms. The van der Waals surface area contributed by atoms with Gasteiger partial charge in [-0.1, -0.05) is 48.5 Å². The Morgan fingerprint density at radius 2 is 1.78 bits per heavy atom. The summed E-state index contributed by atoms with van der Waals surface area (Å²) in [6, 6.07) is 20.3. The molecule has 0 aliphatic carbocycles. The summed E-state index contributed by atoms with van der Waals surface area (Å²) in [4.78, 5) is 33.1. The van der Waals surface area contributed by atoms with Crippen molar-refractivity contribution in [3.8, 4) is 5.75 Å². The van der Waals surface area contributed by atoms with E-state index in [0.717, 1.165) is 24.1 Å². The van der Waals surface area contributed by atoms with Gasteiger partial charge in [-0.15, -0.1) is 13.2 Å². The Balaban J connectivity index is 1.25. The second-order valence-electron chi connectivity index (χ2n) is 11.2. The van der Waals surface area contributed by atoms with Crippen LogP contribution in [0.5, 0.6) is 5.75 Å². The Hall–Kier alpha value is -4.68. The van der Waals surface area contributed by atoms with Crippen LogP contribution in [0.15, 0.2) is 89.5 Å². The molecule has 12 heteroatoms. The molecule has 1 aliphatic heterocycles. The number of alkyl halides is 3. The van der Waals surface area contributed by atoms with Gasteiger partial charge in [0.05, 0.1) is 17.8 Å². The number of aromatic nitrogens is 1. The molecule has 242 valence electrons. The first-order chi connectivity index (χ1) is 22.1. The molecule has 9 nitrogen and oxygen atoms in total. The standard InChI is InChI=1S/C34H35F3N4O5/c1-22-21-45-32(39-22)29-14-7-15-41(29)33(44)26-12-6-11-25(18-26)31(43)40-28(17-23-8-3-2-4-9-23)30(42)20-38-19-24-10-5-13-27(16-24)46-34(35,36)37/h2-6,8-13,16,18,21,28-30,38,42H,7,14-15,17,19-20H2,1H3,(H,40,43)/t28-,29?,30+/m0/s1. The molecule has 0 bridgehead atoms. The zero-order valence-electron chi connectivity index (χ0n) is 25.2. The van der Waals surface area contributed by atoms with Crippen LogP contribution >= 0.6 is 0 Å². The molecule has 5 rings (SSSR count). The van der Waals surface area contributed by atoms with E-state index in [2.05, 4.69) is 20.4 Å². The Bertz CT molecular complexity index is 1630. The first-order valence-electron chi connectivity index (χ1n) is 15.0. The number of ether oxygens (including phenoxy) is 1. The van der Waals surface area contributed by atoms with Crippen LogP contribution in [-0.2, 0) is 13.0 Å². The zero-order chi connectivity index (χ0) is 32.7. The molecule has 1 unspecified atom stereocenters. The molecular weight excluding hydrogens is 601 g/mol. The molecule has 3 atom stereocenters. The number of carbonyl (C=O) groups is 2. The number of hydrogen-bond donors (Lipinski definition) is 3. The number of nitrogens with one attached hydrogen (secondary N) is 2. The van der Waals surface area contributed by atoms with Crippen molar-refractivity contribution in [1.29, 1.82) is 0 Å². The van der Waals surface area contributed by atoms with Gasteiger partial charge in [0.15, 0.2) is 0 Å². The molecule has 3 aromatic carbocycles. The van der Waals surface area contributed by atoms with Gasteiger partial charge in [-0.05, 0) is 67.6 Å². The number of carbonyl (C=O) groups excluding carboxylic acids is 2. The summed E-state index contributed by atoms with van der Waals surface area (Å²) in [6.45, 7) is 2.56. The molecule has 1 aromatic heterocycles. The fraction of sp³-hybridized carbons (Fsp3) is 0.324. The highest BCUT2D eigenvalue weighted by Crippen LogP contribution is 2.33. The van der Waals surface area contributed by atoms with E-state index in [1.165, 1.54) is 24.3 Å². The van der Waals surface area contributed by atoms with Crippen molar-refractivity contribution in [1.82, 2.24) is 20.5 Å². The topological polar surface area (TPSA) is 117 Å². The molecule has 0 spiro atoms. The third-order valence-electron chi connectivity index (χ3n) is 7.70. The van der Waals surface area contributed by atoms with Crippen LogP contribution in [-0.4, -0.2) is 58.4 Å². The van der Waals surface area contributed by atoms with Crippen LogP contribution < -0.4 is 15.4 Å². The fourth-order valence-corrected chi connectivity index (χ4v) is 5.51. The van der Waals surface area contributed by atoms with E-state index in [0.29, 0.717) is 30.0 Å². The lowest BCUT2D eigenvalue weighted by Gasteiger charge is -2.25. The molecule has 2 amide bonds. The smallest absolute Gasteiger partial charge is 0.446 e. The number of aliphatic hydroxyl groups is 1. The number of halogens is 3. The summed E-state index contributed by atoms with van der Waals surface area (Å²) in [5, 5.41) is 17.1. The van der Waals surface area contributed by atoms with Crippen LogP contribution in [0.4, 0.5) is 13.2 Å². The second-order valence-corrected chi connectivity index (χ2v) is 11.2. The van der Waals surface area contributed by atoms with Gasteiger partial charge in [-0.25, -0.2) is 4.98 Å². The third-order valence-corrected chi connectivity index (χ3v) is 7.70. The maximum Gasteiger partial charge on any atom is 0.573 e. The predicted octanol–water partition coefficient (Wildman–Crippen LogP) is 5.35. The molecule has 2 heterocycles. The lowest BCUT2D eigenvalue weighted by Crippen LogP contribution is -2.48. The number of aryl methyl sites for hydroxylation is 1. The monoisotopic (exact) mass is 636 g/mol. The van der Waals surface area contributed by atoms with E-state index in [-0.39, 0.29) is 36.4 Å². The van der Waals surface area contributed by atoms with Gasteiger partial charge in [0.1, 0.15) is 18.1 Å². The number of benzene rings is 3. The van der Waals surface area contributed by atoms with Gasteiger partial charge in [-0.3, -0.25) is 9.59 Å². The van der Waals surface area contributed by atoms with E-state index in [1.807, 2.05) is 37.3 Å². The number of aliphatic hydroxyl groups excluding tert-OH is 1. The summed E-state index contributed by atoms with van der Waals surface area (Å²) >= 11 is 0. The normalized spacial score (nSPS) is 16.2.